The molecular weight excluding hydrogens is 484 g/mol. The maximum Gasteiger partial charge on any atom is 0.261 e. The van der Waals surface area contributed by atoms with Gasteiger partial charge in [0.15, 0.2) is 6.61 Å². The molecule has 1 aliphatic carbocycles. The molecule has 7 heteroatoms. The molecule has 0 radical (unpaired) electrons. The molecule has 2 aromatic rings. The summed E-state index contributed by atoms with van der Waals surface area (Å²) in [6.07, 6.45) is 5.17. The molecule has 0 aromatic heterocycles. The molecule has 6 nitrogen and oxygen atoms in total. The van der Waals surface area contributed by atoms with Crippen molar-refractivity contribution in [1.29, 1.82) is 0 Å². The first-order valence-electron chi connectivity index (χ1n) is 11.5. The van der Waals surface area contributed by atoms with Crippen LogP contribution in [0.3, 0.4) is 0 Å². The molecule has 1 fully saturated rings. The SMILES string of the molecule is CCc1ccc(OCC(=O)N(Cc2ccc(OC)cc2)[C@@H](C)C(=O)NC2CCCC2)c(Br)c1. The van der Waals surface area contributed by atoms with Crippen molar-refractivity contribution >= 4 is 27.7 Å². The summed E-state index contributed by atoms with van der Waals surface area (Å²) in [7, 11) is 1.61. The fourth-order valence-electron chi connectivity index (χ4n) is 4.01. The summed E-state index contributed by atoms with van der Waals surface area (Å²) in [5, 5.41) is 3.11. The monoisotopic (exact) mass is 516 g/mol. The first-order chi connectivity index (χ1) is 15.9. The molecule has 178 valence electrons. The molecule has 0 bridgehead atoms. The van der Waals surface area contributed by atoms with Gasteiger partial charge < -0.3 is 19.7 Å². The average Bonchev–Trinajstić information content (AvgIpc) is 3.34. The summed E-state index contributed by atoms with van der Waals surface area (Å²) in [6.45, 7) is 4.02. The maximum atomic E-state index is 13.2. The first-order valence-corrected chi connectivity index (χ1v) is 12.3. The number of nitrogens with one attached hydrogen (secondary N) is 1. The van der Waals surface area contributed by atoms with E-state index >= 15 is 0 Å². The van der Waals surface area contributed by atoms with Gasteiger partial charge in [0.2, 0.25) is 5.91 Å². The normalized spacial score (nSPS) is 14.5. The molecule has 1 N–H and O–H groups in total. The predicted molar refractivity (Wildman–Crippen MR) is 132 cm³/mol. The predicted octanol–water partition coefficient (Wildman–Crippen LogP) is 4.88. The third-order valence-electron chi connectivity index (χ3n) is 6.14. The van der Waals surface area contributed by atoms with Gasteiger partial charge in [-0.1, -0.05) is 38.0 Å². The number of nitrogens with zero attached hydrogens (tertiary/aromatic N) is 1. The number of methoxy groups -OCH3 is 1. The van der Waals surface area contributed by atoms with E-state index in [0.717, 1.165) is 47.9 Å². The van der Waals surface area contributed by atoms with Gasteiger partial charge in [-0.3, -0.25) is 9.59 Å². The van der Waals surface area contributed by atoms with Gasteiger partial charge in [-0.25, -0.2) is 0 Å². The number of benzene rings is 2. The molecule has 0 spiro atoms. The quantitative estimate of drug-likeness (QED) is 0.488. The number of carbonyl (C=O) groups is 2. The number of halogens is 1. The van der Waals surface area contributed by atoms with E-state index in [1.54, 1.807) is 18.9 Å². The largest absolute Gasteiger partial charge is 0.497 e. The lowest BCUT2D eigenvalue weighted by Crippen LogP contribution is -2.50. The van der Waals surface area contributed by atoms with Crippen molar-refractivity contribution in [3.63, 3.8) is 0 Å². The highest BCUT2D eigenvalue weighted by Gasteiger charge is 2.28. The highest BCUT2D eigenvalue weighted by atomic mass is 79.9. The van der Waals surface area contributed by atoms with Gasteiger partial charge >= 0.3 is 0 Å². The van der Waals surface area contributed by atoms with E-state index in [-0.39, 0.29) is 24.5 Å². The molecule has 1 atom stereocenters. The van der Waals surface area contributed by atoms with E-state index in [0.29, 0.717) is 12.3 Å². The number of carbonyl (C=O) groups excluding carboxylic acids is 2. The Kier molecular flexibility index (Phi) is 9.18. The van der Waals surface area contributed by atoms with Crippen molar-refractivity contribution in [1.82, 2.24) is 10.2 Å². The zero-order chi connectivity index (χ0) is 23.8. The summed E-state index contributed by atoms with van der Waals surface area (Å²) < 4.78 is 11.9. The van der Waals surface area contributed by atoms with Crippen LogP contribution in [0.2, 0.25) is 0 Å². The number of amides is 2. The van der Waals surface area contributed by atoms with E-state index < -0.39 is 6.04 Å². The molecule has 1 aliphatic rings. The van der Waals surface area contributed by atoms with Crippen molar-refractivity contribution in [3.8, 4) is 11.5 Å². The van der Waals surface area contributed by atoms with Gasteiger partial charge in [-0.05, 0) is 77.5 Å². The van der Waals surface area contributed by atoms with E-state index in [9.17, 15) is 9.59 Å². The van der Waals surface area contributed by atoms with E-state index in [4.69, 9.17) is 9.47 Å². The zero-order valence-corrected chi connectivity index (χ0v) is 21.2. The lowest BCUT2D eigenvalue weighted by Gasteiger charge is -2.29. The molecule has 3 rings (SSSR count). The molecule has 2 amide bonds. The lowest BCUT2D eigenvalue weighted by molar-refractivity contribution is -0.142. The fourth-order valence-corrected chi connectivity index (χ4v) is 4.55. The fraction of sp³-hybridized carbons (Fsp3) is 0.462. The summed E-state index contributed by atoms with van der Waals surface area (Å²) in [5.74, 6) is 0.976. The van der Waals surface area contributed by atoms with E-state index in [2.05, 4.69) is 28.2 Å². The van der Waals surface area contributed by atoms with Gasteiger partial charge in [-0.15, -0.1) is 0 Å². The molecule has 0 saturated heterocycles. The summed E-state index contributed by atoms with van der Waals surface area (Å²) in [6, 6.07) is 12.9. The van der Waals surface area contributed by atoms with Crippen LogP contribution >= 0.6 is 15.9 Å². The standard InChI is InChI=1S/C26H33BrN2O4/c1-4-19-11-14-24(23(27)15-19)33-17-25(30)29(16-20-9-12-22(32-3)13-10-20)18(2)26(31)28-21-7-5-6-8-21/h9-15,18,21H,4-8,16-17H2,1-3H3,(H,28,31)/t18-/m0/s1. The second-order valence-corrected chi connectivity index (χ2v) is 9.30. The maximum absolute atomic E-state index is 13.2. The molecule has 0 aliphatic heterocycles. The van der Waals surface area contributed by atoms with Crippen LogP contribution in [0.1, 0.15) is 50.7 Å². The Morgan fingerprint density at radius 2 is 1.79 bits per heavy atom. The third kappa shape index (κ3) is 6.97. The van der Waals surface area contributed by atoms with Gasteiger partial charge in [-0.2, -0.15) is 0 Å². The summed E-state index contributed by atoms with van der Waals surface area (Å²) in [4.78, 5) is 27.8. The van der Waals surface area contributed by atoms with Crippen molar-refractivity contribution in [2.24, 2.45) is 0 Å². The Labute approximate surface area is 204 Å². The zero-order valence-electron chi connectivity index (χ0n) is 19.6. The third-order valence-corrected chi connectivity index (χ3v) is 6.76. The highest BCUT2D eigenvalue weighted by molar-refractivity contribution is 9.10. The van der Waals surface area contributed by atoms with Crippen LogP contribution < -0.4 is 14.8 Å². The smallest absolute Gasteiger partial charge is 0.261 e. The molecule has 2 aromatic carbocycles. The van der Waals surface area contributed by atoms with E-state index in [1.807, 2.05) is 42.5 Å². The number of hydrogen-bond donors (Lipinski definition) is 1. The van der Waals surface area contributed by atoms with Crippen LogP contribution in [0.15, 0.2) is 46.9 Å². The van der Waals surface area contributed by atoms with Crippen LogP contribution in [-0.4, -0.2) is 42.5 Å². The van der Waals surface area contributed by atoms with Crippen LogP contribution in [-0.2, 0) is 22.6 Å². The Balaban J connectivity index is 1.72. The van der Waals surface area contributed by atoms with Crippen LogP contribution in [0, 0.1) is 0 Å². The Bertz CT molecular complexity index is 942. The van der Waals surface area contributed by atoms with Gasteiger partial charge in [0.05, 0.1) is 11.6 Å². The molecule has 0 unspecified atom stereocenters. The van der Waals surface area contributed by atoms with Crippen LogP contribution in [0.25, 0.3) is 0 Å². The lowest BCUT2D eigenvalue weighted by atomic mass is 10.1. The minimum Gasteiger partial charge on any atom is -0.497 e. The first kappa shape index (κ1) is 25.1. The van der Waals surface area contributed by atoms with Crippen LogP contribution in [0.4, 0.5) is 0 Å². The van der Waals surface area contributed by atoms with Crippen molar-refractivity contribution in [3.05, 3.63) is 58.1 Å². The second kappa shape index (κ2) is 12.1. The average molecular weight is 517 g/mol. The highest BCUT2D eigenvalue weighted by Crippen LogP contribution is 2.26. The number of aryl methyl sites for hydroxylation is 1. The minimum atomic E-state index is -0.616. The Hall–Kier alpha value is -2.54. The molecule has 33 heavy (non-hydrogen) atoms. The number of rotatable bonds is 10. The number of ether oxygens (including phenoxy) is 2. The Morgan fingerprint density at radius 3 is 2.39 bits per heavy atom. The molecular formula is C26H33BrN2O4. The van der Waals surface area contributed by atoms with Crippen molar-refractivity contribution in [2.75, 3.05) is 13.7 Å². The second-order valence-electron chi connectivity index (χ2n) is 8.44. The molecule has 1 saturated carbocycles. The topological polar surface area (TPSA) is 67.9 Å². The van der Waals surface area contributed by atoms with Crippen molar-refractivity contribution in [2.45, 2.75) is 64.6 Å². The van der Waals surface area contributed by atoms with Gasteiger partial charge in [0.25, 0.3) is 5.91 Å². The molecule has 0 heterocycles. The van der Waals surface area contributed by atoms with Crippen molar-refractivity contribution < 1.29 is 19.1 Å². The van der Waals surface area contributed by atoms with Crippen LogP contribution in [0.5, 0.6) is 11.5 Å². The Morgan fingerprint density at radius 1 is 1.12 bits per heavy atom. The minimum absolute atomic E-state index is 0.128. The van der Waals surface area contributed by atoms with Gasteiger partial charge in [0, 0.05) is 12.6 Å². The summed E-state index contributed by atoms with van der Waals surface area (Å²) in [5.41, 5.74) is 2.09. The number of hydrogen-bond acceptors (Lipinski definition) is 4. The van der Waals surface area contributed by atoms with Gasteiger partial charge in [0.1, 0.15) is 17.5 Å². The van der Waals surface area contributed by atoms with E-state index in [1.165, 1.54) is 5.56 Å². The summed E-state index contributed by atoms with van der Waals surface area (Å²) >= 11 is 3.52.